The minimum atomic E-state index is -4.31. The van der Waals surface area contributed by atoms with Gasteiger partial charge in [0, 0.05) is 12.0 Å². The van der Waals surface area contributed by atoms with Gasteiger partial charge >= 0.3 is 6.18 Å². The molecule has 0 aromatic heterocycles. The smallest absolute Gasteiger partial charge is 0.395 e. The molecule has 2 N–H and O–H groups in total. The molecule has 17 heavy (non-hydrogen) atoms. The van der Waals surface area contributed by atoms with Crippen molar-refractivity contribution in [2.24, 2.45) is 0 Å². The number of hydrogen-bond acceptors (Lipinski definition) is 2. The molecule has 0 bridgehead atoms. The summed E-state index contributed by atoms with van der Waals surface area (Å²) in [5.41, 5.74) is 0.0162. The lowest BCUT2D eigenvalue weighted by atomic mass is 9.91. The van der Waals surface area contributed by atoms with Gasteiger partial charge in [-0.2, -0.15) is 13.2 Å². The SMILES string of the molecule is OC[C@H]1NCC[C@@H]1c1cccc(C(F)(F)F)c1. The molecule has 0 amide bonds. The Bertz CT molecular complexity index is 392. The summed E-state index contributed by atoms with van der Waals surface area (Å²) in [6.07, 6.45) is -3.55. The number of hydrogen-bond donors (Lipinski definition) is 2. The van der Waals surface area contributed by atoms with Crippen molar-refractivity contribution in [2.45, 2.75) is 24.6 Å². The Hall–Kier alpha value is -1.07. The van der Waals surface area contributed by atoms with Gasteiger partial charge in [-0.15, -0.1) is 0 Å². The van der Waals surface area contributed by atoms with E-state index in [0.29, 0.717) is 5.56 Å². The standard InChI is InChI=1S/C12H14F3NO/c13-12(14,15)9-3-1-2-8(6-9)10-4-5-16-11(10)7-17/h1-3,6,10-11,16-17H,4-5,7H2/t10-,11-/m1/s1. The summed E-state index contributed by atoms with van der Waals surface area (Å²) in [6, 6.07) is 5.22. The Morgan fingerprint density at radius 2 is 2.12 bits per heavy atom. The fraction of sp³-hybridized carbons (Fsp3) is 0.500. The highest BCUT2D eigenvalue weighted by atomic mass is 19.4. The van der Waals surface area contributed by atoms with Crippen molar-refractivity contribution >= 4 is 0 Å². The number of halogens is 3. The molecule has 2 atom stereocenters. The summed E-state index contributed by atoms with van der Waals surface area (Å²) in [4.78, 5) is 0. The molecule has 2 nitrogen and oxygen atoms in total. The number of alkyl halides is 3. The van der Waals surface area contributed by atoms with Gasteiger partial charge in [-0.25, -0.2) is 0 Å². The number of aliphatic hydroxyl groups excluding tert-OH is 1. The van der Waals surface area contributed by atoms with Crippen LogP contribution in [0.3, 0.4) is 0 Å². The average molecular weight is 245 g/mol. The molecule has 0 unspecified atom stereocenters. The van der Waals surface area contributed by atoms with E-state index in [1.165, 1.54) is 12.1 Å². The first-order chi connectivity index (χ1) is 8.02. The maximum Gasteiger partial charge on any atom is 0.416 e. The molecule has 1 fully saturated rings. The third kappa shape index (κ3) is 2.61. The van der Waals surface area contributed by atoms with Gasteiger partial charge in [-0.05, 0) is 24.6 Å². The van der Waals surface area contributed by atoms with Crippen LogP contribution >= 0.6 is 0 Å². The van der Waals surface area contributed by atoms with Gasteiger partial charge < -0.3 is 10.4 Å². The topological polar surface area (TPSA) is 32.3 Å². The van der Waals surface area contributed by atoms with Crippen LogP contribution in [0.1, 0.15) is 23.5 Å². The van der Waals surface area contributed by atoms with Crippen molar-refractivity contribution in [1.29, 1.82) is 0 Å². The van der Waals surface area contributed by atoms with Gasteiger partial charge in [0.2, 0.25) is 0 Å². The first-order valence-corrected chi connectivity index (χ1v) is 5.54. The van der Waals surface area contributed by atoms with Crippen molar-refractivity contribution in [2.75, 3.05) is 13.2 Å². The lowest BCUT2D eigenvalue weighted by Crippen LogP contribution is -2.29. The van der Waals surface area contributed by atoms with Crippen LogP contribution in [-0.4, -0.2) is 24.3 Å². The zero-order valence-corrected chi connectivity index (χ0v) is 9.17. The van der Waals surface area contributed by atoms with E-state index < -0.39 is 11.7 Å². The third-order valence-corrected chi connectivity index (χ3v) is 3.19. The number of rotatable bonds is 2. The zero-order chi connectivity index (χ0) is 12.5. The fourth-order valence-corrected chi connectivity index (χ4v) is 2.30. The van der Waals surface area contributed by atoms with E-state index in [0.717, 1.165) is 19.0 Å². The van der Waals surface area contributed by atoms with E-state index in [4.69, 9.17) is 5.11 Å². The van der Waals surface area contributed by atoms with E-state index in [-0.39, 0.29) is 18.6 Å². The molecule has 0 aliphatic carbocycles. The minimum Gasteiger partial charge on any atom is -0.395 e. The summed E-state index contributed by atoms with van der Waals surface area (Å²) < 4.78 is 37.7. The largest absolute Gasteiger partial charge is 0.416 e. The second-order valence-electron chi connectivity index (χ2n) is 4.26. The van der Waals surface area contributed by atoms with Gasteiger partial charge in [0.25, 0.3) is 0 Å². The van der Waals surface area contributed by atoms with Crippen molar-refractivity contribution in [3.63, 3.8) is 0 Å². The second-order valence-corrected chi connectivity index (χ2v) is 4.26. The Morgan fingerprint density at radius 3 is 2.76 bits per heavy atom. The molecule has 0 spiro atoms. The maximum atomic E-state index is 12.6. The van der Waals surface area contributed by atoms with Gasteiger partial charge in [0.1, 0.15) is 0 Å². The molecular weight excluding hydrogens is 231 g/mol. The van der Waals surface area contributed by atoms with Gasteiger partial charge in [0.05, 0.1) is 12.2 Å². The molecule has 94 valence electrons. The Balaban J connectivity index is 2.27. The number of benzene rings is 1. The van der Waals surface area contributed by atoms with Crippen molar-refractivity contribution in [3.05, 3.63) is 35.4 Å². The summed E-state index contributed by atoms with van der Waals surface area (Å²) in [5, 5.41) is 12.2. The monoisotopic (exact) mass is 245 g/mol. The van der Waals surface area contributed by atoms with E-state index in [9.17, 15) is 13.2 Å². The van der Waals surface area contributed by atoms with Crippen LogP contribution in [0.15, 0.2) is 24.3 Å². The van der Waals surface area contributed by atoms with E-state index in [2.05, 4.69) is 5.32 Å². The quantitative estimate of drug-likeness (QED) is 0.836. The van der Waals surface area contributed by atoms with Crippen LogP contribution < -0.4 is 5.32 Å². The Kier molecular flexibility index (Phi) is 3.40. The minimum absolute atomic E-state index is 0.0395. The van der Waals surface area contributed by atoms with E-state index in [1.54, 1.807) is 6.07 Å². The highest BCUT2D eigenvalue weighted by Crippen LogP contribution is 2.33. The van der Waals surface area contributed by atoms with E-state index >= 15 is 0 Å². The Labute approximate surface area is 97.5 Å². The average Bonchev–Trinajstić information content (AvgIpc) is 2.76. The molecule has 1 aliphatic heterocycles. The summed E-state index contributed by atoms with van der Waals surface area (Å²) in [7, 11) is 0. The first kappa shape index (κ1) is 12.4. The molecule has 1 aromatic rings. The fourth-order valence-electron chi connectivity index (χ4n) is 2.30. The maximum absolute atomic E-state index is 12.6. The zero-order valence-electron chi connectivity index (χ0n) is 9.17. The molecular formula is C12H14F3NO. The summed E-state index contributed by atoms with van der Waals surface area (Å²) in [5.74, 6) is -0.0395. The van der Waals surface area contributed by atoms with Crippen LogP contribution in [0.5, 0.6) is 0 Å². The lowest BCUT2D eigenvalue weighted by molar-refractivity contribution is -0.137. The molecule has 0 radical (unpaired) electrons. The molecule has 1 heterocycles. The highest BCUT2D eigenvalue weighted by molar-refractivity contribution is 5.30. The first-order valence-electron chi connectivity index (χ1n) is 5.54. The predicted octanol–water partition coefficient (Wildman–Crippen LogP) is 2.14. The lowest BCUT2D eigenvalue weighted by Gasteiger charge is -2.18. The van der Waals surface area contributed by atoms with Gasteiger partial charge in [-0.1, -0.05) is 18.2 Å². The van der Waals surface area contributed by atoms with Crippen molar-refractivity contribution in [3.8, 4) is 0 Å². The van der Waals surface area contributed by atoms with Gasteiger partial charge in [0.15, 0.2) is 0 Å². The molecule has 0 saturated carbocycles. The predicted molar refractivity (Wildman–Crippen MR) is 57.7 cm³/mol. The third-order valence-electron chi connectivity index (χ3n) is 3.19. The Morgan fingerprint density at radius 1 is 1.35 bits per heavy atom. The van der Waals surface area contributed by atoms with Crippen molar-refractivity contribution < 1.29 is 18.3 Å². The van der Waals surface area contributed by atoms with Crippen molar-refractivity contribution in [1.82, 2.24) is 5.32 Å². The molecule has 1 saturated heterocycles. The molecule has 5 heteroatoms. The highest BCUT2D eigenvalue weighted by Gasteiger charge is 2.33. The van der Waals surface area contributed by atoms with Gasteiger partial charge in [-0.3, -0.25) is 0 Å². The number of nitrogens with one attached hydrogen (secondary N) is 1. The van der Waals surface area contributed by atoms with Crippen LogP contribution in [-0.2, 0) is 6.18 Å². The van der Waals surface area contributed by atoms with Crippen LogP contribution in [0.25, 0.3) is 0 Å². The second kappa shape index (κ2) is 4.66. The van der Waals surface area contributed by atoms with E-state index in [1.807, 2.05) is 0 Å². The van der Waals surface area contributed by atoms with Crippen LogP contribution in [0.2, 0.25) is 0 Å². The number of aliphatic hydroxyl groups is 1. The molecule has 2 rings (SSSR count). The normalized spacial score (nSPS) is 25.2. The summed E-state index contributed by atoms with van der Waals surface area (Å²) in [6.45, 7) is 0.674. The molecule has 1 aliphatic rings. The van der Waals surface area contributed by atoms with Crippen LogP contribution in [0, 0.1) is 0 Å². The summed E-state index contributed by atoms with van der Waals surface area (Å²) >= 11 is 0. The van der Waals surface area contributed by atoms with Crippen LogP contribution in [0.4, 0.5) is 13.2 Å². The molecule has 1 aromatic carbocycles.